The molecule has 4 fully saturated rings. The van der Waals surface area contributed by atoms with Gasteiger partial charge in [0.25, 0.3) is 5.91 Å². The third-order valence-electron chi connectivity index (χ3n) is 8.75. The van der Waals surface area contributed by atoms with Crippen molar-refractivity contribution in [1.29, 1.82) is 0 Å². The van der Waals surface area contributed by atoms with Crippen LogP contribution in [0.4, 0.5) is 11.4 Å². The molecule has 4 aromatic rings. The number of amides is 1. The highest BCUT2D eigenvalue weighted by Crippen LogP contribution is 2.60. The molecule has 0 saturated heterocycles. The van der Waals surface area contributed by atoms with E-state index in [9.17, 15) is 4.79 Å². The average Bonchev–Trinajstić information content (AvgIpc) is 3.57. The van der Waals surface area contributed by atoms with Gasteiger partial charge in [-0.15, -0.1) is 16.4 Å². The summed E-state index contributed by atoms with van der Waals surface area (Å²) in [4.78, 5) is 14.1. The fraction of sp³-hybridized carbons (Fsp3) is 0.367. The smallest absolute Gasteiger partial charge is 0.255 e. The first-order chi connectivity index (χ1) is 18.0. The van der Waals surface area contributed by atoms with Gasteiger partial charge in [0.05, 0.1) is 17.6 Å². The average molecular weight is 510 g/mol. The van der Waals surface area contributed by atoms with Crippen LogP contribution in [0.15, 0.2) is 66.2 Å². The van der Waals surface area contributed by atoms with Crippen molar-refractivity contribution in [2.75, 3.05) is 11.1 Å². The Morgan fingerprint density at radius 3 is 2.38 bits per heavy atom. The van der Waals surface area contributed by atoms with Crippen LogP contribution in [0, 0.1) is 23.2 Å². The number of benzene rings is 2. The van der Waals surface area contributed by atoms with Crippen LogP contribution in [0.5, 0.6) is 0 Å². The largest absolute Gasteiger partial charge is 0.397 e. The number of nitrogen functional groups attached to an aromatic ring is 1. The molecule has 0 unspecified atom stereocenters. The quantitative estimate of drug-likeness (QED) is 0.282. The molecular formula is C30H31N5OS. The molecule has 3 N–H and O–H groups in total. The molecule has 1 amide bonds. The Kier molecular flexibility index (Phi) is 5.43. The second-order valence-electron chi connectivity index (χ2n) is 11.5. The van der Waals surface area contributed by atoms with E-state index in [0.29, 0.717) is 22.4 Å². The Hall–Kier alpha value is -3.45. The van der Waals surface area contributed by atoms with Gasteiger partial charge in [0.2, 0.25) is 0 Å². The number of anilines is 2. The number of nitrogens with one attached hydrogen (secondary N) is 1. The third-order valence-corrected chi connectivity index (χ3v) is 9.67. The van der Waals surface area contributed by atoms with Gasteiger partial charge in [-0.3, -0.25) is 9.48 Å². The zero-order chi connectivity index (χ0) is 25.0. The van der Waals surface area contributed by atoms with Crippen molar-refractivity contribution in [1.82, 2.24) is 15.0 Å². The number of hydrogen-bond donors (Lipinski definition) is 2. The standard InChI is InChI=1S/C30H31N5OS/c31-25-8-7-24(28-2-1-9-37-28)13-26(25)32-29(36)23-5-3-22(4-6-23)27-17-35(34-33-27)18-30-14-19-10-20(15-30)12-21(11-19)16-30/h1-9,13,17,19-21H,10-12,14-16,18,31H2,(H,32,36). The van der Waals surface area contributed by atoms with Gasteiger partial charge in [0, 0.05) is 22.5 Å². The van der Waals surface area contributed by atoms with Gasteiger partial charge in [-0.25, -0.2) is 0 Å². The zero-order valence-electron chi connectivity index (χ0n) is 20.8. The number of hydrogen-bond acceptors (Lipinski definition) is 5. The first-order valence-electron chi connectivity index (χ1n) is 13.3. The van der Waals surface area contributed by atoms with Gasteiger partial charge in [0.1, 0.15) is 5.69 Å². The number of aromatic nitrogens is 3. The monoisotopic (exact) mass is 509 g/mol. The molecule has 4 saturated carbocycles. The topological polar surface area (TPSA) is 85.8 Å². The molecule has 0 atom stereocenters. The fourth-order valence-electron chi connectivity index (χ4n) is 7.58. The summed E-state index contributed by atoms with van der Waals surface area (Å²) in [7, 11) is 0. The van der Waals surface area contributed by atoms with E-state index in [1.54, 1.807) is 11.3 Å². The molecule has 37 heavy (non-hydrogen) atoms. The van der Waals surface area contributed by atoms with Gasteiger partial charge < -0.3 is 11.1 Å². The summed E-state index contributed by atoms with van der Waals surface area (Å²) >= 11 is 1.66. The van der Waals surface area contributed by atoms with Crippen LogP contribution < -0.4 is 11.1 Å². The van der Waals surface area contributed by atoms with Crippen LogP contribution in [0.2, 0.25) is 0 Å². The Morgan fingerprint density at radius 2 is 1.70 bits per heavy atom. The third kappa shape index (κ3) is 4.35. The van der Waals surface area contributed by atoms with Crippen molar-refractivity contribution < 1.29 is 4.79 Å². The van der Waals surface area contributed by atoms with Crippen LogP contribution in [0.25, 0.3) is 21.7 Å². The van der Waals surface area contributed by atoms with Crippen LogP contribution in [-0.4, -0.2) is 20.9 Å². The summed E-state index contributed by atoms with van der Waals surface area (Å²) in [6.07, 6.45) is 10.5. The van der Waals surface area contributed by atoms with E-state index in [1.807, 2.05) is 53.9 Å². The lowest BCUT2D eigenvalue weighted by Gasteiger charge is -2.56. The highest BCUT2D eigenvalue weighted by Gasteiger charge is 2.51. The van der Waals surface area contributed by atoms with Gasteiger partial charge in [0.15, 0.2) is 0 Å². The molecule has 7 heteroatoms. The maximum Gasteiger partial charge on any atom is 0.255 e. The molecule has 188 valence electrons. The molecule has 6 nitrogen and oxygen atoms in total. The summed E-state index contributed by atoms with van der Waals surface area (Å²) in [5, 5.41) is 14.0. The molecular weight excluding hydrogens is 478 g/mol. The zero-order valence-corrected chi connectivity index (χ0v) is 21.6. The molecule has 0 spiro atoms. The Labute approximate surface area is 220 Å². The van der Waals surface area contributed by atoms with Crippen molar-refractivity contribution in [3.8, 4) is 21.7 Å². The van der Waals surface area contributed by atoms with E-state index in [1.165, 1.54) is 38.5 Å². The van der Waals surface area contributed by atoms with E-state index in [2.05, 4.69) is 32.6 Å². The van der Waals surface area contributed by atoms with E-state index < -0.39 is 0 Å². The minimum atomic E-state index is -0.188. The minimum absolute atomic E-state index is 0.188. The molecule has 4 aliphatic rings. The van der Waals surface area contributed by atoms with Gasteiger partial charge in [-0.2, -0.15) is 0 Å². The first kappa shape index (κ1) is 22.7. The number of nitrogens with zero attached hydrogens (tertiary/aromatic N) is 3. The van der Waals surface area contributed by atoms with Crippen LogP contribution >= 0.6 is 11.3 Å². The van der Waals surface area contributed by atoms with E-state index in [0.717, 1.165) is 46.0 Å². The van der Waals surface area contributed by atoms with Crippen molar-refractivity contribution in [3.05, 3.63) is 71.7 Å². The van der Waals surface area contributed by atoms with Gasteiger partial charge >= 0.3 is 0 Å². The first-order valence-corrected chi connectivity index (χ1v) is 14.2. The van der Waals surface area contributed by atoms with Crippen LogP contribution in [0.3, 0.4) is 0 Å². The molecule has 2 aromatic carbocycles. The summed E-state index contributed by atoms with van der Waals surface area (Å²) in [6.45, 7) is 0.982. The van der Waals surface area contributed by atoms with E-state index in [-0.39, 0.29) is 5.91 Å². The lowest BCUT2D eigenvalue weighted by atomic mass is 9.49. The lowest BCUT2D eigenvalue weighted by molar-refractivity contribution is -0.0637. The summed E-state index contributed by atoms with van der Waals surface area (Å²) < 4.78 is 2.06. The van der Waals surface area contributed by atoms with Gasteiger partial charge in [-0.05, 0) is 103 Å². The normalized spacial score (nSPS) is 25.9. The predicted molar refractivity (Wildman–Crippen MR) is 148 cm³/mol. The number of carbonyl (C=O) groups excluding carboxylic acids is 1. The molecule has 0 radical (unpaired) electrons. The summed E-state index contributed by atoms with van der Waals surface area (Å²) in [5.41, 5.74) is 11.2. The van der Waals surface area contributed by atoms with E-state index in [4.69, 9.17) is 5.73 Å². The predicted octanol–water partition coefficient (Wildman–Crippen LogP) is 6.72. The number of nitrogens with two attached hydrogens (primary N) is 1. The maximum absolute atomic E-state index is 13.0. The molecule has 8 rings (SSSR count). The van der Waals surface area contributed by atoms with Gasteiger partial charge in [-0.1, -0.05) is 29.5 Å². The lowest BCUT2D eigenvalue weighted by Crippen LogP contribution is -2.48. The number of thiophene rings is 1. The van der Waals surface area contributed by atoms with Crippen molar-refractivity contribution in [2.45, 2.75) is 45.1 Å². The number of rotatable bonds is 6. The summed E-state index contributed by atoms with van der Waals surface area (Å²) in [6, 6.07) is 17.4. The highest BCUT2D eigenvalue weighted by molar-refractivity contribution is 7.13. The molecule has 2 heterocycles. The number of carbonyl (C=O) groups is 1. The minimum Gasteiger partial charge on any atom is -0.397 e. The molecule has 4 aliphatic carbocycles. The molecule has 2 aromatic heterocycles. The van der Waals surface area contributed by atoms with Crippen molar-refractivity contribution >= 4 is 28.6 Å². The summed E-state index contributed by atoms with van der Waals surface area (Å²) in [5.74, 6) is 2.61. The molecule has 0 aliphatic heterocycles. The molecule has 4 bridgehead atoms. The van der Waals surface area contributed by atoms with Crippen LogP contribution in [-0.2, 0) is 6.54 Å². The Balaban J connectivity index is 1.04. The SMILES string of the molecule is Nc1ccc(-c2cccs2)cc1NC(=O)c1ccc(-c2cn(CC34CC5CC(CC(C5)C3)C4)nn2)cc1. The van der Waals surface area contributed by atoms with Crippen molar-refractivity contribution in [3.63, 3.8) is 0 Å². The Bertz CT molecular complexity index is 1400. The fourth-order valence-corrected chi connectivity index (χ4v) is 8.31. The highest BCUT2D eigenvalue weighted by atomic mass is 32.1. The van der Waals surface area contributed by atoms with E-state index >= 15 is 0 Å². The second-order valence-corrected chi connectivity index (χ2v) is 12.5. The second kappa shape index (κ2) is 8.84. The van der Waals surface area contributed by atoms with Crippen molar-refractivity contribution in [2.24, 2.45) is 23.2 Å². The van der Waals surface area contributed by atoms with Crippen LogP contribution in [0.1, 0.15) is 48.9 Å². The Morgan fingerprint density at radius 1 is 1.00 bits per heavy atom. The maximum atomic E-state index is 13.0.